The van der Waals surface area contributed by atoms with Crippen LogP contribution in [0.3, 0.4) is 0 Å². The monoisotopic (exact) mass is 372 g/mol. The summed E-state index contributed by atoms with van der Waals surface area (Å²) in [6.45, 7) is 0. The van der Waals surface area contributed by atoms with Gasteiger partial charge >= 0.3 is 0 Å². The summed E-state index contributed by atoms with van der Waals surface area (Å²) in [5, 5.41) is 0. The Kier molecular flexibility index (Phi) is 7.38. The Morgan fingerprint density at radius 3 is 1.00 bits per heavy atom. The van der Waals surface area contributed by atoms with Gasteiger partial charge in [0.1, 0.15) is 0 Å². The summed E-state index contributed by atoms with van der Waals surface area (Å²) in [6.07, 6.45) is 22.1. The van der Waals surface area contributed by atoms with Crippen LogP contribution in [0.2, 0.25) is 0 Å². The third-order valence-corrected chi connectivity index (χ3v) is 9.82. The van der Waals surface area contributed by atoms with E-state index >= 15 is 0 Å². The summed E-state index contributed by atoms with van der Waals surface area (Å²) in [5.41, 5.74) is 3.59. The maximum atomic E-state index is 1.61. The molecule has 0 nitrogen and oxygen atoms in total. The minimum absolute atomic E-state index is 0. The van der Waals surface area contributed by atoms with Crippen LogP contribution in [0, 0.1) is 0 Å². The minimum Gasteiger partial charge on any atom is -0.0971 e. The average molecular weight is 373 g/mol. The van der Waals surface area contributed by atoms with Gasteiger partial charge in [-0.1, -0.05) is 59.3 Å². The smallest absolute Gasteiger partial charge is 0 e. The van der Waals surface area contributed by atoms with Crippen molar-refractivity contribution < 1.29 is 20.4 Å². The summed E-state index contributed by atoms with van der Waals surface area (Å²) in [6, 6.07) is 0. The van der Waals surface area contributed by atoms with Crippen molar-refractivity contribution in [2.24, 2.45) is 0 Å². The van der Waals surface area contributed by atoms with Crippen LogP contribution in [-0.2, 0) is 20.4 Å². The van der Waals surface area contributed by atoms with E-state index < -0.39 is 0 Å². The van der Waals surface area contributed by atoms with Gasteiger partial charge in [0, 0.05) is 20.4 Å². The van der Waals surface area contributed by atoms with Crippen molar-refractivity contribution in [3.63, 3.8) is 0 Å². The van der Waals surface area contributed by atoms with Crippen molar-refractivity contribution >= 4 is 7.92 Å². The van der Waals surface area contributed by atoms with Crippen LogP contribution in [0.4, 0.5) is 0 Å². The Hall–Kier alpha value is 1.09. The molecule has 0 amide bonds. The first-order valence-corrected chi connectivity index (χ1v) is 10.3. The summed E-state index contributed by atoms with van der Waals surface area (Å²) in [4.78, 5) is 0. The van der Waals surface area contributed by atoms with Gasteiger partial charge in [0.25, 0.3) is 0 Å². The fourth-order valence-electron chi connectivity index (χ4n) is 4.86. The largest absolute Gasteiger partial charge is 0.0971 e. The third kappa shape index (κ3) is 4.28. The van der Waals surface area contributed by atoms with E-state index in [0.29, 0.717) is 7.92 Å². The fraction of sp³-hybridized carbons (Fsp3) is 1.00. The molecule has 0 heterocycles. The van der Waals surface area contributed by atoms with Gasteiger partial charge in [-0.25, -0.2) is 0 Å². The van der Waals surface area contributed by atoms with Crippen molar-refractivity contribution in [2.75, 3.05) is 0 Å². The molecule has 19 heavy (non-hydrogen) atoms. The van der Waals surface area contributed by atoms with Gasteiger partial charge < -0.3 is 0 Å². The van der Waals surface area contributed by atoms with Crippen LogP contribution in [0.1, 0.15) is 89.9 Å². The normalized spacial score (nSPS) is 27.6. The predicted molar refractivity (Wildman–Crippen MR) is 82.9 cm³/mol. The van der Waals surface area contributed by atoms with Crippen molar-refractivity contribution in [2.45, 2.75) is 107 Å². The molecule has 3 fully saturated rings. The first-order chi connectivity index (χ1) is 8.95. The van der Waals surface area contributed by atoms with Crippen LogP contribution in [-0.4, -0.2) is 17.0 Å². The summed E-state index contributed by atoms with van der Waals surface area (Å²) in [7, 11) is 0.402. The van der Waals surface area contributed by atoms with Crippen LogP contribution in [0.5, 0.6) is 0 Å². The second kappa shape index (κ2) is 8.51. The summed E-state index contributed by atoms with van der Waals surface area (Å²) >= 11 is 0. The van der Waals surface area contributed by atoms with Crippen LogP contribution < -0.4 is 0 Å². The molecule has 0 aromatic heterocycles. The van der Waals surface area contributed by atoms with Gasteiger partial charge in [-0.3, -0.25) is 0 Å². The second-order valence-corrected chi connectivity index (χ2v) is 10.1. The zero-order chi connectivity index (χ0) is 12.2. The third-order valence-electron chi connectivity index (χ3n) is 5.74. The van der Waals surface area contributed by atoms with E-state index in [1.165, 1.54) is 29.8 Å². The second-order valence-electron chi connectivity index (χ2n) is 6.97. The zero-order valence-corrected chi connectivity index (χ0v) is 14.8. The molecule has 0 aromatic rings. The molecule has 0 aliphatic heterocycles. The van der Waals surface area contributed by atoms with E-state index in [-0.39, 0.29) is 20.4 Å². The fourth-order valence-corrected chi connectivity index (χ4v) is 9.53. The standard InChI is InChI=1S/C17H31P.Pd/c1-3-9-15(10-4-1)18(17-13-7-8-14-17)16-11-5-2-6-12-16;/h15-17H,1-14H2;. The summed E-state index contributed by atoms with van der Waals surface area (Å²) < 4.78 is 0. The predicted octanol–water partition coefficient (Wildman–Crippen LogP) is 6.07. The van der Waals surface area contributed by atoms with E-state index in [1.54, 1.807) is 77.0 Å². The van der Waals surface area contributed by atoms with Crippen LogP contribution >= 0.6 is 7.92 Å². The van der Waals surface area contributed by atoms with Gasteiger partial charge in [-0.15, -0.1) is 0 Å². The van der Waals surface area contributed by atoms with E-state index in [2.05, 4.69) is 0 Å². The molecular weight excluding hydrogens is 342 g/mol. The topological polar surface area (TPSA) is 0 Å². The maximum absolute atomic E-state index is 1.61. The van der Waals surface area contributed by atoms with Gasteiger partial charge in [-0.05, 0) is 55.5 Å². The Balaban J connectivity index is 0.00000133. The van der Waals surface area contributed by atoms with Gasteiger partial charge in [0.05, 0.1) is 0 Å². The number of hydrogen-bond acceptors (Lipinski definition) is 0. The molecule has 0 bridgehead atoms. The molecule has 0 unspecified atom stereocenters. The Labute approximate surface area is 135 Å². The van der Waals surface area contributed by atoms with Gasteiger partial charge in [-0.2, -0.15) is 0 Å². The minimum atomic E-state index is 0. The molecule has 0 saturated heterocycles. The molecule has 0 atom stereocenters. The Morgan fingerprint density at radius 1 is 0.421 bits per heavy atom. The molecule has 0 aromatic carbocycles. The quantitative estimate of drug-likeness (QED) is 0.416. The van der Waals surface area contributed by atoms with E-state index in [0.717, 1.165) is 0 Å². The Bertz CT molecular complexity index is 220. The Morgan fingerprint density at radius 2 is 0.684 bits per heavy atom. The molecule has 114 valence electrons. The molecule has 0 spiro atoms. The first kappa shape index (κ1) is 16.5. The van der Waals surface area contributed by atoms with E-state index in [1.807, 2.05) is 0 Å². The van der Waals surface area contributed by atoms with E-state index in [9.17, 15) is 0 Å². The first-order valence-electron chi connectivity index (χ1n) is 8.72. The van der Waals surface area contributed by atoms with Crippen molar-refractivity contribution in [3.05, 3.63) is 0 Å². The number of rotatable bonds is 3. The SMILES string of the molecule is C1CCC(P(C2CCCCC2)C2CCCC2)CC1.[Pd]. The molecule has 2 heteroatoms. The van der Waals surface area contributed by atoms with E-state index in [4.69, 9.17) is 0 Å². The zero-order valence-electron chi connectivity index (χ0n) is 12.4. The molecular formula is C17H31PPd. The van der Waals surface area contributed by atoms with Crippen molar-refractivity contribution in [1.82, 2.24) is 0 Å². The molecule has 0 N–H and O–H groups in total. The molecule has 3 aliphatic carbocycles. The molecule has 3 saturated carbocycles. The molecule has 3 aliphatic rings. The van der Waals surface area contributed by atoms with Crippen LogP contribution in [0.25, 0.3) is 0 Å². The maximum Gasteiger partial charge on any atom is 0 e. The van der Waals surface area contributed by atoms with Crippen molar-refractivity contribution in [1.29, 1.82) is 0 Å². The van der Waals surface area contributed by atoms with Gasteiger partial charge in [0.2, 0.25) is 0 Å². The summed E-state index contributed by atoms with van der Waals surface area (Å²) in [5.74, 6) is 0. The average Bonchev–Trinajstić information content (AvgIpc) is 2.95. The van der Waals surface area contributed by atoms with Crippen molar-refractivity contribution in [3.8, 4) is 0 Å². The molecule has 0 radical (unpaired) electrons. The molecule has 3 rings (SSSR count). The van der Waals surface area contributed by atoms with Gasteiger partial charge in [0.15, 0.2) is 0 Å². The number of hydrogen-bond donors (Lipinski definition) is 0. The van der Waals surface area contributed by atoms with Crippen LogP contribution in [0.15, 0.2) is 0 Å².